The van der Waals surface area contributed by atoms with Crippen molar-refractivity contribution in [1.82, 2.24) is 10.3 Å². The summed E-state index contributed by atoms with van der Waals surface area (Å²) in [6.45, 7) is 5.54. The third kappa shape index (κ3) is 4.18. The van der Waals surface area contributed by atoms with Crippen LogP contribution in [0.25, 0.3) is 17.2 Å². The molecule has 0 aliphatic carbocycles. The molecule has 0 bridgehead atoms. The Bertz CT molecular complexity index is 707. The second-order valence-corrected chi connectivity index (χ2v) is 6.18. The third-order valence-electron chi connectivity index (χ3n) is 3.28. The first-order valence-electron chi connectivity index (χ1n) is 7.23. The first-order chi connectivity index (χ1) is 10.8. The van der Waals surface area contributed by atoms with Crippen molar-refractivity contribution in [2.24, 2.45) is 5.41 Å². The van der Waals surface area contributed by atoms with Crippen molar-refractivity contribution in [3.05, 3.63) is 36.2 Å². The molecular weight excluding hydrogens is 296 g/mol. The van der Waals surface area contributed by atoms with Crippen molar-refractivity contribution in [3.63, 3.8) is 0 Å². The summed E-state index contributed by atoms with van der Waals surface area (Å²) in [4.78, 5) is 28.1. The molecule has 1 N–H and O–H groups in total. The van der Waals surface area contributed by atoms with Crippen LogP contribution in [0.4, 0.5) is 0 Å². The fraction of sp³-hybridized carbons (Fsp3) is 0.353. The number of aromatic nitrogens is 1. The number of amides is 1. The summed E-state index contributed by atoms with van der Waals surface area (Å²) in [7, 11) is 1.29. The van der Waals surface area contributed by atoms with Crippen LogP contribution in [0.5, 0.6) is 0 Å². The first-order valence-corrected chi connectivity index (χ1v) is 7.23. The fourth-order valence-electron chi connectivity index (χ4n) is 2.05. The molecule has 1 heterocycles. The smallest absolute Gasteiger partial charge is 0.328 e. The maximum atomic E-state index is 12.0. The summed E-state index contributed by atoms with van der Waals surface area (Å²) in [6, 6.07) is 6.58. The van der Waals surface area contributed by atoms with Gasteiger partial charge in [-0.3, -0.25) is 4.79 Å². The van der Waals surface area contributed by atoms with E-state index in [2.05, 4.69) is 10.3 Å². The number of hydrogen-bond donors (Lipinski definition) is 1. The van der Waals surface area contributed by atoms with Gasteiger partial charge in [-0.25, -0.2) is 9.78 Å². The number of benzene rings is 1. The van der Waals surface area contributed by atoms with Gasteiger partial charge >= 0.3 is 5.97 Å². The second-order valence-electron chi connectivity index (χ2n) is 6.18. The lowest BCUT2D eigenvalue weighted by atomic mass is 9.86. The van der Waals surface area contributed by atoms with Crippen molar-refractivity contribution in [1.29, 1.82) is 0 Å². The van der Waals surface area contributed by atoms with Crippen LogP contribution in [0.3, 0.4) is 0 Å². The maximum Gasteiger partial charge on any atom is 0.328 e. The van der Waals surface area contributed by atoms with Crippen LogP contribution in [0.15, 0.2) is 34.8 Å². The maximum absolute atomic E-state index is 12.0. The Balaban J connectivity index is 2.09. The number of carbonyl (C=O) groups excluding carboxylic acids is 2. The molecule has 0 fully saturated rings. The fourth-order valence-corrected chi connectivity index (χ4v) is 2.05. The van der Waals surface area contributed by atoms with Gasteiger partial charge in [0.15, 0.2) is 5.58 Å². The average Bonchev–Trinajstić information content (AvgIpc) is 2.91. The third-order valence-corrected chi connectivity index (χ3v) is 3.28. The van der Waals surface area contributed by atoms with Gasteiger partial charge in [0.05, 0.1) is 7.11 Å². The molecule has 2 rings (SSSR count). The molecule has 0 spiro atoms. The summed E-state index contributed by atoms with van der Waals surface area (Å²) in [5.74, 6) is -0.578. The second kappa shape index (κ2) is 6.64. The Hall–Kier alpha value is -2.63. The first kappa shape index (κ1) is 16.7. The van der Waals surface area contributed by atoms with E-state index in [4.69, 9.17) is 9.15 Å². The van der Waals surface area contributed by atoms with Crippen LogP contribution in [0.2, 0.25) is 0 Å². The lowest BCUT2D eigenvalue weighted by molar-refractivity contribution is -0.147. The molecule has 1 amide bonds. The van der Waals surface area contributed by atoms with Crippen LogP contribution >= 0.6 is 0 Å². The molecule has 0 aliphatic heterocycles. The quantitative estimate of drug-likeness (QED) is 0.692. The van der Waals surface area contributed by atoms with Crippen molar-refractivity contribution < 1.29 is 18.7 Å². The number of methoxy groups -OCH3 is 1. The van der Waals surface area contributed by atoms with E-state index in [1.165, 1.54) is 19.3 Å². The molecule has 1 atom stereocenters. The minimum atomic E-state index is -0.742. The largest absolute Gasteiger partial charge is 0.467 e. The van der Waals surface area contributed by atoms with Crippen LogP contribution in [-0.4, -0.2) is 30.0 Å². The predicted octanol–water partition coefficient (Wildman–Crippen LogP) is 2.54. The van der Waals surface area contributed by atoms with Crippen molar-refractivity contribution >= 4 is 29.1 Å². The van der Waals surface area contributed by atoms with Crippen LogP contribution in [-0.2, 0) is 14.3 Å². The molecule has 2 aromatic rings. The number of nitrogens with one attached hydrogen (secondary N) is 1. The van der Waals surface area contributed by atoms with Crippen molar-refractivity contribution in [2.75, 3.05) is 7.11 Å². The zero-order valence-electron chi connectivity index (χ0n) is 13.6. The Labute approximate surface area is 134 Å². The van der Waals surface area contributed by atoms with Gasteiger partial charge in [0.2, 0.25) is 11.8 Å². The lowest BCUT2D eigenvalue weighted by Gasteiger charge is -2.28. The minimum Gasteiger partial charge on any atom is -0.467 e. The number of esters is 1. The predicted molar refractivity (Wildman–Crippen MR) is 86.4 cm³/mol. The van der Waals surface area contributed by atoms with E-state index in [1.807, 2.05) is 39.0 Å². The number of rotatable bonds is 4. The summed E-state index contributed by atoms with van der Waals surface area (Å²) in [5, 5.41) is 2.64. The Morgan fingerprint density at radius 3 is 2.61 bits per heavy atom. The average molecular weight is 316 g/mol. The van der Waals surface area contributed by atoms with Crippen LogP contribution in [0.1, 0.15) is 26.7 Å². The van der Waals surface area contributed by atoms with Gasteiger partial charge in [-0.05, 0) is 17.5 Å². The monoisotopic (exact) mass is 316 g/mol. The molecule has 122 valence electrons. The standard InChI is InChI=1S/C17H20N2O4/c1-17(2,3)15(16(21)22-4)19-13(20)9-10-14-18-11-7-5-6-8-12(11)23-14/h5-10,15H,1-4H3,(H,19,20)/b10-9+/t15-/m1/s1. The Kier molecular flexibility index (Phi) is 4.83. The summed E-state index contributed by atoms with van der Waals surface area (Å²) < 4.78 is 10.2. The minimum absolute atomic E-state index is 0.326. The highest BCUT2D eigenvalue weighted by molar-refractivity contribution is 5.94. The van der Waals surface area contributed by atoms with E-state index >= 15 is 0 Å². The molecule has 0 unspecified atom stereocenters. The summed E-state index contributed by atoms with van der Waals surface area (Å²) in [5.41, 5.74) is 0.901. The molecule has 0 saturated carbocycles. The summed E-state index contributed by atoms with van der Waals surface area (Å²) >= 11 is 0. The van der Waals surface area contributed by atoms with E-state index in [1.54, 1.807) is 6.07 Å². The van der Waals surface area contributed by atoms with Gasteiger partial charge in [-0.1, -0.05) is 32.9 Å². The van der Waals surface area contributed by atoms with Gasteiger partial charge in [0, 0.05) is 12.2 Å². The highest BCUT2D eigenvalue weighted by atomic mass is 16.5. The zero-order chi connectivity index (χ0) is 17.0. The number of carbonyl (C=O) groups is 2. The van der Waals surface area contributed by atoms with Crippen LogP contribution < -0.4 is 5.32 Å². The normalized spacial score (nSPS) is 13.2. The molecule has 23 heavy (non-hydrogen) atoms. The molecule has 1 aromatic carbocycles. The van der Waals surface area contributed by atoms with E-state index in [-0.39, 0.29) is 0 Å². The van der Waals surface area contributed by atoms with Gasteiger partial charge in [0.1, 0.15) is 11.6 Å². The molecule has 0 radical (unpaired) electrons. The van der Waals surface area contributed by atoms with Gasteiger partial charge in [-0.15, -0.1) is 0 Å². The van der Waals surface area contributed by atoms with Gasteiger partial charge in [0.25, 0.3) is 0 Å². The number of nitrogens with zero attached hydrogens (tertiary/aromatic N) is 1. The number of ether oxygens (including phenoxy) is 1. The molecule has 6 heteroatoms. The number of hydrogen-bond acceptors (Lipinski definition) is 5. The highest BCUT2D eigenvalue weighted by Crippen LogP contribution is 2.20. The van der Waals surface area contributed by atoms with Gasteiger partial charge < -0.3 is 14.5 Å². The SMILES string of the molecule is COC(=O)[C@@H](NC(=O)/C=C/c1nc2ccccc2o1)C(C)(C)C. The van der Waals surface area contributed by atoms with Crippen molar-refractivity contribution in [2.45, 2.75) is 26.8 Å². The summed E-state index contributed by atoms with van der Waals surface area (Å²) in [6.07, 6.45) is 2.75. The molecule has 1 aromatic heterocycles. The van der Waals surface area contributed by atoms with Crippen molar-refractivity contribution in [3.8, 4) is 0 Å². The number of oxazole rings is 1. The lowest BCUT2D eigenvalue weighted by Crippen LogP contribution is -2.49. The molecule has 0 saturated heterocycles. The van der Waals surface area contributed by atoms with Crippen LogP contribution in [0, 0.1) is 5.41 Å². The van der Waals surface area contributed by atoms with Gasteiger partial charge in [-0.2, -0.15) is 0 Å². The van der Waals surface area contributed by atoms with E-state index < -0.39 is 23.3 Å². The van der Waals surface area contributed by atoms with E-state index in [0.717, 1.165) is 5.52 Å². The molecular formula is C17H20N2O4. The number of fused-ring (bicyclic) bond motifs is 1. The Morgan fingerprint density at radius 1 is 1.30 bits per heavy atom. The zero-order valence-corrected chi connectivity index (χ0v) is 13.6. The Morgan fingerprint density at radius 2 is 2.00 bits per heavy atom. The topological polar surface area (TPSA) is 81.4 Å². The highest BCUT2D eigenvalue weighted by Gasteiger charge is 2.33. The molecule has 0 aliphatic rings. The van der Waals surface area contributed by atoms with E-state index in [0.29, 0.717) is 11.5 Å². The molecule has 6 nitrogen and oxygen atoms in total. The van der Waals surface area contributed by atoms with E-state index in [9.17, 15) is 9.59 Å². The number of para-hydroxylation sites is 2.